The number of nitrogens with zero attached hydrogens (tertiary/aromatic N) is 2. The smallest absolute Gasteiger partial charge is 0.342 e. The number of alkyl halides is 2. The quantitative estimate of drug-likeness (QED) is 0.272. The van der Waals surface area contributed by atoms with Crippen molar-refractivity contribution in [2.24, 2.45) is 0 Å². The van der Waals surface area contributed by atoms with Crippen LogP contribution in [-0.2, 0) is 9.16 Å². The Labute approximate surface area is 153 Å². The normalized spacial score (nSPS) is 14.1. The van der Waals surface area contributed by atoms with Crippen LogP contribution in [0.4, 0.5) is 8.78 Å². The summed E-state index contributed by atoms with van der Waals surface area (Å²) in [6.07, 6.45) is 1.09. The van der Waals surface area contributed by atoms with Crippen molar-refractivity contribution in [1.82, 2.24) is 4.98 Å². The van der Waals surface area contributed by atoms with Crippen LogP contribution in [-0.4, -0.2) is 43.6 Å². The third kappa shape index (κ3) is 6.22. The van der Waals surface area contributed by atoms with Crippen LogP contribution in [0.2, 0.25) is 18.1 Å². The molecule has 0 fully saturated rings. The zero-order valence-electron chi connectivity index (χ0n) is 15.8. The minimum Gasteiger partial charge on any atom is -0.411 e. The molecule has 1 atom stereocenters. The van der Waals surface area contributed by atoms with Gasteiger partial charge in [-0.15, -0.1) is 0 Å². The molecule has 9 heteroatoms. The van der Waals surface area contributed by atoms with E-state index in [4.69, 9.17) is 9.16 Å². The summed E-state index contributed by atoms with van der Waals surface area (Å²) in [5.74, 6) is -3.34. The Kier molecular flexibility index (Phi) is 7.14. The van der Waals surface area contributed by atoms with Crippen molar-refractivity contribution in [3.05, 3.63) is 46.8 Å². The van der Waals surface area contributed by atoms with Crippen LogP contribution in [0.5, 0.6) is 0 Å². The molecule has 6 nitrogen and oxygen atoms in total. The standard InChI is InChI=1S/C17H26F2N2O4Si/c1-13(14-7-9-20-10-8-14)15(21(22)23)24-11-17(18,19)12-25-26(5,6)16(2,3)4/h7-10,15H,1,11-12H2,2-6H3. The minimum atomic E-state index is -3.34. The third-order valence-corrected chi connectivity index (χ3v) is 8.92. The molecule has 1 heterocycles. The molecule has 0 aromatic carbocycles. The number of pyridine rings is 1. The fourth-order valence-corrected chi connectivity index (χ4v) is 2.75. The van der Waals surface area contributed by atoms with E-state index in [-0.39, 0.29) is 10.6 Å². The molecule has 0 aliphatic carbocycles. The molecule has 146 valence electrons. The second-order valence-electron chi connectivity index (χ2n) is 7.61. The lowest BCUT2D eigenvalue weighted by Gasteiger charge is -2.37. The minimum absolute atomic E-state index is 0.0153. The van der Waals surface area contributed by atoms with E-state index >= 15 is 0 Å². The maximum atomic E-state index is 14.1. The lowest BCUT2D eigenvalue weighted by atomic mass is 10.1. The Balaban J connectivity index is 2.73. The summed E-state index contributed by atoms with van der Waals surface area (Å²) >= 11 is 0. The average Bonchev–Trinajstić information content (AvgIpc) is 2.52. The number of aromatic nitrogens is 1. The van der Waals surface area contributed by atoms with Crippen molar-refractivity contribution in [2.75, 3.05) is 13.2 Å². The summed E-state index contributed by atoms with van der Waals surface area (Å²) in [5, 5.41) is 11.0. The Hall–Kier alpha value is -1.71. The van der Waals surface area contributed by atoms with Gasteiger partial charge in [0.15, 0.2) is 8.32 Å². The fourth-order valence-electron chi connectivity index (χ4n) is 1.74. The summed E-state index contributed by atoms with van der Waals surface area (Å²) in [4.78, 5) is 14.2. The molecule has 0 bridgehead atoms. The molecule has 0 amide bonds. The highest BCUT2D eigenvalue weighted by Gasteiger charge is 2.42. The average molecular weight is 388 g/mol. The number of hydrogen-bond donors (Lipinski definition) is 0. The maximum absolute atomic E-state index is 14.1. The van der Waals surface area contributed by atoms with E-state index in [1.807, 2.05) is 33.9 Å². The van der Waals surface area contributed by atoms with Gasteiger partial charge < -0.3 is 9.16 Å². The van der Waals surface area contributed by atoms with Crippen LogP contribution < -0.4 is 0 Å². The Bertz CT molecular complexity index is 633. The molecule has 0 saturated carbocycles. The van der Waals surface area contributed by atoms with Gasteiger partial charge in [-0.3, -0.25) is 15.1 Å². The van der Waals surface area contributed by atoms with E-state index in [0.717, 1.165) is 0 Å². The molecule has 1 aromatic rings. The molecule has 0 spiro atoms. The van der Waals surface area contributed by atoms with Gasteiger partial charge >= 0.3 is 6.23 Å². The molecule has 0 radical (unpaired) electrons. The van der Waals surface area contributed by atoms with Gasteiger partial charge in [-0.2, -0.15) is 0 Å². The molecule has 1 aromatic heterocycles. The van der Waals surface area contributed by atoms with Gasteiger partial charge in [0.2, 0.25) is 0 Å². The van der Waals surface area contributed by atoms with Gasteiger partial charge in [0, 0.05) is 12.4 Å². The number of halogens is 2. The summed E-state index contributed by atoms with van der Waals surface area (Å²) in [6.45, 7) is 11.2. The van der Waals surface area contributed by atoms with Crippen LogP contribution in [0.15, 0.2) is 31.1 Å². The molecule has 0 saturated heterocycles. The first kappa shape index (κ1) is 22.3. The Morgan fingerprint density at radius 3 is 2.31 bits per heavy atom. The SMILES string of the molecule is C=C(c1ccncc1)C(OCC(F)(F)CO[Si](C)(C)C(C)(C)C)[N+](=O)[O-]. The molecular weight excluding hydrogens is 362 g/mol. The number of nitro groups is 1. The van der Waals surface area contributed by atoms with Gasteiger partial charge in [0.25, 0.3) is 5.92 Å². The zero-order valence-corrected chi connectivity index (χ0v) is 16.8. The lowest BCUT2D eigenvalue weighted by molar-refractivity contribution is -0.559. The largest absolute Gasteiger partial charge is 0.411 e. The topological polar surface area (TPSA) is 74.5 Å². The Morgan fingerprint density at radius 2 is 1.85 bits per heavy atom. The summed E-state index contributed by atoms with van der Waals surface area (Å²) in [6, 6.07) is 3.00. The molecular formula is C17H26F2N2O4Si. The first-order valence-electron chi connectivity index (χ1n) is 8.13. The van der Waals surface area contributed by atoms with E-state index in [0.29, 0.717) is 5.56 Å². The molecule has 0 N–H and O–H groups in total. The van der Waals surface area contributed by atoms with Crippen molar-refractivity contribution in [3.8, 4) is 0 Å². The van der Waals surface area contributed by atoms with E-state index in [9.17, 15) is 18.9 Å². The van der Waals surface area contributed by atoms with Crippen molar-refractivity contribution in [3.63, 3.8) is 0 Å². The van der Waals surface area contributed by atoms with Gasteiger partial charge in [-0.1, -0.05) is 27.4 Å². The van der Waals surface area contributed by atoms with E-state index in [1.54, 1.807) is 0 Å². The van der Waals surface area contributed by atoms with Gasteiger partial charge in [-0.05, 0) is 35.8 Å². The predicted molar refractivity (Wildman–Crippen MR) is 98.1 cm³/mol. The summed E-state index contributed by atoms with van der Waals surface area (Å²) in [5.41, 5.74) is 0.390. The van der Waals surface area contributed by atoms with Crippen molar-refractivity contribution in [2.45, 2.75) is 51.1 Å². The third-order valence-electron chi connectivity index (χ3n) is 4.44. The first-order chi connectivity index (χ1) is 11.8. The summed E-state index contributed by atoms with van der Waals surface area (Å²) in [7, 11) is -2.36. The van der Waals surface area contributed by atoms with E-state index in [1.165, 1.54) is 24.5 Å². The summed E-state index contributed by atoms with van der Waals surface area (Å²) < 4.78 is 38.7. The lowest BCUT2D eigenvalue weighted by Crippen LogP contribution is -2.45. The second kappa shape index (κ2) is 8.32. The first-order valence-corrected chi connectivity index (χ1v) is 11.0. The van der Waals surface area contributed by atoms with Crippen molar-refractivity contribution in [1.29, 1.82) is 0 Å². The molecule has 26 heavy (non-hydrogen) atoms. The number of rotatable bonds is 9. The van der Waals surface area contributed by atoms with Crippen molar-refractivity contribution < 1.29 is 22.9 Å². The van der Waals surface area contributed by atoms with Crippen LogP contribution in [0.3, 0.4) is 0 Å². The Morgan fingerprint density at radius 1 is 1.31 bits per heavy atom. The van der Waals surface area contributed by atoms with E-state index < -0.39 is 38.6 Å². The molecule has 0 aliphatic heterocycles. The van der Waals surface area contributed by atoms with Crippen LogP contribution >= 0.6 is 0 Å². The maximum Gasteiger partial charge on any atom is 0.342 e. The molecule has 1 rings (SSSR count). The highest BCUT2D eigenvalue weighted by atomic mass is 28.4. The number of hydrogen-bond acceptors (Lipinski definition) is 5. The predicted octanol–water partition coefficient (Wildman–Crippen LogP) is 4.37. The van der Waals surface area contributed by atoms with Gasteiger partial charge in [0.1, 0.15) is 13.2 Å². The number of ether oxygens (including phenoxy) is 1. The van der Waals surface area contributed by atoms with Gasteiger partial charge in [0.05, 0.1) is 10.5 Å². The highest BCUT2D eigenvalue weighted by molar-refractivity contribution is 6.74. The monoisotopic (exact) mass is 388 g/mol. The highest BCUT2D eigenvalue weighted by Crippen LogP contribution is 2.37. The van der Waals surface area contributed by atoms with E-state index in [2.05, 4.69) is 11.6 Å². The second-order valence-corrected chi connectivity index (χ2v) is 12.4. The van der Waals surface area contributed by atoms with Crippen LogP contribution in [0.1, 0.15) is 26.3 Å². The van der Waals surface area contributed by atoms with Gasteiger partial charge in [-0.25, -0.2) is 8.78 Å². The molecule has 0 aliphatic rings. The van der Waals surface area contributed by atoms with Crippen molar-refractivity contribution >= 4 is 13.9 Å². The molecule has 1 unspecified atom stereocenters. The zero-order chi connectivity index (χ0) is 20.2. The van der Waals surface area contributed by atoms with Crippen LogP contribution in [0.25, 0.3) is 5.57 Å². The fraction of sp³-hybridized carbons (Fsp3) is 0.588. The van der Waals surface area contributed by atoms with Crippen LogP contribution in [0, 0.1) is 10.1 Å².